The SMILES string of the molecule is Cc1cc(SCC(=O)O[C@@H]2CCOC2=O)nc2ccccc12. The van der Waals surface area contributed by atoms with Crippen LogP contribution in [0.5, 0.6) is 0 Å². The van der Waals surface area contributed by atoms with Crippen LogP contribution in [0.15, 0.2) is 35.4 Å². The van der Waals surface area contributed by atoms with Crippen molar-refractivity contribution in [2.24, 2.45) is 0 Å². The lowest BCUT2D eigenvalue weighted by molar-refractivity contribution is -0.158. The molecule has 0 spiro atoms. The lowest BCUT2D eigenvalue weighted by Crippen LogP contribution is -2.23. The van der Waals surface area contributed by atoms with Crippen LogP contribution in [0.3, 0.4) is 0 Å². The third-order valence-corrected chi connectivity index (χ3v) is 4.28. The number of benzene rings is 1. The van der Waals surface area contributed by atoms with Gasteiger partial charge in [0, 0.05) is 11.8 Å². The summed E-state index contributed by atoms with van der Waals surface area (Å²) < 4.78 is 9.86. The summed E-state index contributed by atoms with van der Waals surface area (Å²) in [5, 5.41) is 1.87. The highest BCUT2D eigenvalue weighted by Gasteiger charge is 2.30. The molecule has 0 aliphatic carbocycles. The Morgan fingerprint density at radius 2 is 2.27 bits per heavy atom. The lowest BCUT2D eigenvalue weighted by atomic mass is 10.1. The molecule has 1 atom stereocenters. The summed E-state index contributed by atoms with van der Waals surface area (Å²) in [4.78, 5) is 27.6. The van der Waals surface area contributed by atoms with Gasteiger partial charge >= 0.3 is 11.9 Å². The van der Waals surface area contributed by atoms with Crippen LogP contribution < -0.4 is 0 Å². The molecule has 114 valence electrons. The van der Waals surface area contributed by atoms with Gasteiger partial charge in [-0.15, -0.1) is 0 Å². The first-order valence-electron chi connectivity index (χ1n) is 6.99. The normalized spacial score (nSPS) is 17.5. The maximum Gasteiger partial charge on any atom is 0.347 e. The van der Waals surface area contributed by atoms with Crippen molar-refractivity contribution in [1.29, 1.82) is 0 Å². The molecule has 0 unspecified atom stereocenters. The number of rotatable bonds is 4. The number of nitrogens with zero attached hydrogens (tertiary/aromatic N) is 1. The minimum Gasteiger partial charge on any atom is -0.463 e. The minimum absolute atomic E-state index is 0.120. The fraction of sp³-hybridized carbons (Fsp3) is 0.312. The number of aromatic nitrogens is 1. The molecule has 5 nitrogen and oxygen atoms in total. The summed E-state index contributed by atoms with van der Waals surface area (Å²) in [7, 11) is 0. The molecule has 6 heteroatoms. The van der Waals surface area contributed by atoms with Crippen LogP contribution in [-0.2, 0) is 19.1 Å². The molecule has 1 aromatic carbocycles. The average molecular weight is 317 g/mol. The van der Waals surface area contributed by atoms with E-state index in [1.165, 1.54) is 11.8 Å². The molecule has 0 N–H and O–H groups in total. The Hall–Kier alpha value is -2.08. The van der Waals surface area contributed by atoms with Crippen LogP contribution in [0.4, 0.5) is 0 Å². The summed E-state index contributed by atoms with van der Waals surface area (Å²) in [5.74, 6) is -0.770. The number of cyclic esters (lactones) is 1. The van der Waals surface area contributed by atoms with Crippen molar-refractivity contribution in [3.8, 4) is 0 Å². The maximum absolute atomic E-state index is 11.8. The van der Waals surface area contributed by atoms with E-state index in [4.69, 9.17) is 9.47 Å². The Labute approximate surface area is 132 Å². The molecule has 0 amide bonds. The molecule has 1 aliphatic heterocycles. The van der Waals surface area contributed by atoms with Gasteiger partial charge in [-0.1, -0.05) is 30.0 Å². The third kappa shape index (κ3) is 3.22. The van der Waals surface area contributed by atoms with Crippen molar-refractivity contribution in [3.05, 3.63) is 35.9 Å². The van der Waals surface area contributed by atoms with Crippen LogP contribution >= 0.6 is 11.8 Å². The molecule has 1 aromatic heterocycles. The molecule has 0 radical (unpaired) electrons. The van der Waals surface area contributed by atoms with Gasteiger partial charge in [-0.25, -0.2) is 9.78 Å². The van der Waals surface area contributed by atoms with E-state index < -0.39 is 18.0 Å². The quantitative estimate of drug-likeness (QED) is 0.637. The summed E-state index contributed by atoms with van der Waals surface area (Å²) in [6.45, 7) is 2.33. The summed E-state index contributed by atoms with van der Waals surface area (Å²) in [5.41, 5.74) is 2.01. The number of hydrogen-bond acceptors (Lipinski definition) is 6. The number of carbonyl (C=O) groups excluding carboxylic acids is 2. The smallest absolute Gasteiger partial charge is 0.347 e. The zero-order valence-corrected chi connectivity index (χ0v) is 12.9. The molecule has 0 saturated carbocycles. The number of ether oxygens (including phenoxy) is 2. The van der Waals surface area contributed by atoms with Crippen LogP contribution in [0.2, 0.25) is 0 Å². The van der Waals surface area contributed by atoms with E-state index in [1.807, 2.05) is 37.3 Å². The monoisotopic (exact) mass is 317 g/mol. The Morgan fingerprint density at radius 3 is 3.05 bits per heavy atom. The number of aryl methyl sites for hydroxylation is 1. The van der Waals surface area contributed by atoms with E-state index >= 15 is 0 Å². The van der Waals surface area contributed by atoms with Crippen LogP contribution in [-0.4, -0.2) is 35.4 Å². The van der Waals surface area contributed by atoms with Crippen LogP contribution in [0, 0.1) is 6.92 Å². The van der Waals surface area contributed by atoms with Crippen LogP contribution in [0.25, 0.3) is 10.9 Å². The Balaban J connectivity index is 1.63. The molecule has 1 saturated heterocycles. The van der Waals surface area contributed by atoms with E-state index in [1.54, 1.807) is 0 Å². The zero-order valence-electron chi connectivity index (χ0n) is 12.1. The molecule has 1 aliphatic rings. The first-order valence-corrected chi connectivity index (χ1v) is 7.97. The van der Waals surface area contributed by atoms with Crippen molar-refractivity contribution < 1.29 is 19.1 Å². The van der Waals surface area contributed by atoms with E-state index in [0.29, 0.717) is 13.0 Å². The number of hydrogen-bond donors (Lipinski definition) is 0. The predicted molar refractivity (Wildman–Crippen MR) is 82.7 cm³/mol. The van der Waals surface area contributed by atoms with Crippen molar-refractivity contribution in [2.45, 2.75) is 24.5 Å². The Bertz CT molecular complexity index is 731. The van der Waals surface area contributed by atoms with Gasteiger partial charge in [0.2, 0.25) is 6.10 Å². The Morgan fingerprint density at radius 1 is 1.45 bits per heavy atom. The van der Waals surface area contributed by atoms with E-state index in [2.05, 4.69) is 4.98 Å². The number of pyridine rings is 1. The topological polar surface area (TPSA) is 65.5 Å². The number of para-hydroxylation sites is 1. The number of esters is 2. The number of carbonyl (C=O) groups is 2. The summed E-state index contributed by atoms with van der Waals surface area (Å²) >= 11 is 1.30. The second-order valence-electron chi connectivity index (χ2n) is 5.02. The molecule has 1 fully saturated rings. The van der Waals surface area contributed by atoms with Gasteiger partial charge in [0.15, 0.2) is 0 Å². The Kier molecular flexibility index (Phi) is 4.29. The molecule has 3 rings (SSSR count). The third-order valence-electron chi connectivity index (χ3n) is 3.40. The van der Waals surface area contributed by atoms with Gasteiger partial charge in [-0.3, -0.25) is 4.79 Å². The zero-order chi connectivity index (χ0) is 15.5. The van der Waals surface area contributed by atoms with Gasteiger partial charge in [-0.2, -0.15) is 0 Å². The highest BCUT2D eigenvalue weighted by molar-refractivity contribution is 7.99. The first kappa shape index (κ1) is 14.8. The fourth-order valence-electron chi connectivity index (χ4n) is 2.30. The van der Waals surface area contributed by atoms with Gasteiger partial charge in [-0.05, 0) is 24.6 Å². The van der Waals surface area contributed by atoms with Crippen molar-refractivity contribution >= 4 is 34.6 Å². The fourth-order valence-corrected chi connectivity index (χ4v) is 3.06. The molecule has 2 heterocycles. The highest BCUT2D eigenvalue weighted by Crippen LogP contribution is 2.24. The lowest BCUT2D eigenvalue weighted by Gasteiger charge is -2.09. The van der Waals surface area contributed by atoms with Crippen molar-refractivity contribution in [2.75, 3.05) is 12.4 Å². The van der Waals surface area contributed by atoms with Gasteiger partial charge in [0.05, 0.1) is 22.9 Å². The largest absolute Gasteiger partial charge is 0.463 e. The van der Waals surface area contributed by atoms with Gasteiger partial charge < -0.3 is 9.47 Å². The second-order valence-corrected chi connectivity index (χ2v) is 6.01. The second kappa shape index (κ2) is 6.36. The summed E-state index contributed by atoms with van der Waals surface area (Å²) in [6, 6.07) is 9.82. The van der Waals surface area contributed by atoms with Crippen LogP contribution in [0.1, 0.15) is 12.0 Å². The highest BCUT2D eigenvalue weighted by atomic mass is 32.2. The number of fused-ring (bicyclic) bond motifs is 1. The molecular weight excluding hydrogens is 302 g/mol. The van der Waals surface area contributed by atoms with E-state index in [-0.39, 0.29) is 5.75 Å². The molecule has 22 heavy (non-hydrogen) atoms. The van der Waals surface area contributed by atoms with Crippen molar-refractivity contribution in [1.82, 2.24) is 4.98 Å². The van der Waals surface area contributed by atoms with E-state index in [9.17, 15) is 9.59 Å². The number of thioether (sulfide) groups is 1. The summed E-state index contributed by atoms with van der Waals surface area (Å²) in [6.07, 6.45) is -0.317. The van der Waals surface area contributed by atoms with Gasteiger partial charge in [0.1, 0.15) is 0 Å². The standard InChI is InChI=1S/C16H15NO4S/c1-10-8-14(17-12-5-3-2-4-11(10)12)22-9-15(18)21-13-6-7-20-16(13)19/h2-5,8,13H,6-7,9H2,1H3/t13-/m1/s1. The predicted octanol–water partition coefficient (Wildman–Crippen LogP) is 2.49. The van der Waals surface area contributed by atoms with Crippen molar-refractivity contribution in [3.63, 3.8) is 0 Å². The van der Waals surface area contributed by atoms with E-state index in [0.717, 1.165) is 21.5 Å². The van der Waals surface area contributed by atoms with Gasteiger partial charge in [0.25, 0.3) is 0 Å². The average Bonchev–Trinajstić information content (AvgIpc) is 2.90. The first-order chi connectivity index (χ1) is 10.6. The maximum atomic E-state index is 11.8. The molecular formula is C16H15NO4S. The molecule has 2 aromatic rings. The molecule has 0 bridgehead atoms. The minimum atomic E-state index is -0.751.